The molecule has 0 bridgehead atoms. The van der Waals surface area contributed by atoms with Crippen molar-refractivity contribution in [2.75, 3.05) is 10.6 Å². The third-order valence-electron chi connectivity index (χ3n) is 6.71. The van der Waals surface area contributed by atoms with E-state index in [0.717, 1.165) is 23.4 Å². The van der Waals surface area contributed by atoms with Gasteiger partial charge in [-0.25, -0.2) is 0 Å². The van der Waals surface area contributed by atoms with Crippen LogP contribution in [0, 0.1) is 0 Å². The summed E-state index contributed by atoms with van der Waals surface area (Å²) in [6.07, 6.45) is -3.03. The zero-order valence-corrected chi connectivity index (χ0v) is 25.6. The molecule has 232 valence electrons. The normalized spacial score (nSPS) is 12.4. The molecule has 0 aliphatic rings. The second-order valence-electron chi connectivity index (χ2n) is 10.5. The summed E-state index contributed by atoms with van der Waals surface area (Å²) in [6.45, 7) is 5.73. The first-order valence-corrected chi connectivity index (χ1v) is 15.0. The number of para-hydroxylation sites is 1. The summed E-state index contributed by atoms with van der Waals surface area (Å²) in [5, 5.41) is 7.11. The third-order valence-corrected chi connectivity index (χ3v) is 7.80. The summed E-state index contributed by atoms with van der Waals surface area (Å²) in [5.74, 6) is -1.29. The van der Waals surface area contributed by atoms with E-state index >= 15 is 0 Å². The molecule has 0 spiro atoms. The third kappa shape index (κ3) is 9.33. The molecule has 0 fully saturated rings. The van der Waals surface area contributed by atoms with Crippen LogP contribution < -0.4 is 16.0 Å². The number of carbonyl (C=O) groups is 3. The van der Waals surface area contributed by atoms with Crippen molar-refractivity contribution in [1.82, 2.24) is 5.32 Å². The van der Waals surface area contributed by atoms with Crippen molar-refractivity contribution < 1.29 is 27.6 Å². The van der Waals surface area contributed by atoms with Gasteiger partial charge in [0, 0.05) is 16.1 Å². The summed E-state index contributed by atoms with van der Waals surface area (Å²) in [4.78, 5) is 39.8. The summed E-state index contributed by atoms with van der Waals surface area (Å²) >= 11 is 1.12. The summed E-state index contributed by atoms with van der Waals surface area (Å²) in [6, 6.07) is 27.7. The second kappa shape index (κ2) is 14.8. The number of amides is 3. The monoisotopic (exact) mass is 631 g/mol. The van der Waals surface area contributed by atoms with Crippen LogP contribution in [0.1, 0.15) is 53.7 Å². The van der Waals surface area contributed by atoms with E-state index < -0.39 is 34.7 Å². The first-order chi connectivity index (χ1) is 21.4. The topological polar surface area (TPSA) is 87.3 Å². The molecule has 1 atom stereocenters. The van der Waals surface area contributed by atoms with Gasteiger partial charge in [0.1, 0.15) is 5.70 Å². The minimum Gasteiger partial charge on any atom is -0.325 e. The molecule has 0 aromatic heterocycles. The number of benzene rings is 4. The van der Waals surface area contributed by atoms with Crippen LogP contribution in [0.15, 0.2) is 114 Å². The van der Waals surface area contributed by atoms with E-state index in [9.17, 15) is 27.6 Å². The highest BCUT2D eigenvalue weighted by molar-refractivity contribution is 8.00. The molecule has 1 unspecified atom stereocenters. The summed E-state index contributed by atoms with van der Waals surface area (Å²) in [5.41, 5.74) is 1.40. The Hall–Kier alpha value is -4.83. The molecule has 4 aromatic rings. The molecule has 0 saturated heterocycles. The predicted molar refractivity (Wildman–Crippen MR) is 173 cm³/mol. The predicted octanol–water partition coefficient (Wildman–Crippen LogP) is 8.36. The first kappa shape index (κ1) is 33.1. The van der Waals surface area contributed by atoms with Gasteiger partial charge in [0.25, 0.3) is 11.8 Å². The van der Waals surface area contributed by atoms with Crippen molar-refractivity contribution in [3.05, 3.63) is 131 Å². The number of hydrogen-bond acceptors (Lipinski definition) is 4. The Kier molecular flexibility index (Phi) is 10.9. The van der Waals surface area contributed by atoms with Crippen LogP contribution in [-0.2, 0) is 15.8 Å². The maximum absolute atomic E-state index is 13.5. The van der Waals surface area contributed by atoms with Crippen LogP contribution in [-0.4, -0.2) is 23.0 Å². The largest absolute Gasteiger partial charge is 0.418 e. The first-order valence-electron chi connectivity index (χ1n) is 14.1. The molecule has 3 amide bonds. The Morgan fingerprint density at radius 3 is 2.11 bits per heavy atom. The molecule has 3 N–H and O–H groups in total. The van der Waals surface area contributed by atoms with Gasteiger partial charge in [-0.05, 0) is 72.5 Å². The molecule has 4 rings (SSSR count). The average molecular weight is 632 g/mol. The number of carbonyl (C=O) groups excluding carboxylic acids is 3. The fourth-order valence-electron chi connectivity index (χ4n) is 4.26. The minimum atomic E-state index is -4.61. The van der Waals surface area contributed by atoms with Crippen LogP contribution in [0.2, 0.25) is 0 Å². The standard InChI is InChI=1S/C35H32F3N3O3S/c1-22(2)25-18-16-24(17-19-25)20-31(41-33(43)26-10-5-4-6-11-26)34(44)39-27-12-9-13-28(21-27)45-23(3)32(42)40-30-15-8-7-14-29(30)35(36,37)38/h4-23H,1-3H3,(H,39,44)(H,40,42)(H,41,43)/b31-20+. The molecule has 0 radical (unpaired) electrons. The molecule has 0 heterocycles. The number of halogens is 3. The molecule has 0 aliphatic heterocycles. The minimum absolute atomic E-state index is 0.0234. The van der Waals surface area contributed by atoms with Crippen molar-refractivity contribution in [3.8, 4) is 0 Å². The van der Waals surface area contributed by atoms with Crippen molar-refractivity contribution in [3.63, 3.8) is 0 Å². The molecule has 45 heavy (non-hydrogen) atoms. The van der Waals surface area contributed by atoms with Gasteiger partial charge in [0.05, 0.1) is 16.5 Å². The Morgan fingerprint density at radius 1 is 0.778 bits per heavy atom. The Bertz CT molecular complexity index is 1690. The van der Waals surface area contributed by atoms with Gasteiger partial charge in [-0.3, -0.25) is 14.4 Å². The van der Waals surface area contributed by atoms with Gasteiger partial charge in [0.15, 0.2) is 0 Å². The average Bonchev–Trinajstić information content (AvgIpc) is 3.01. The molecule has 0 aliphatic carbocycles. The molecule has 6 nitrogen and oxygen atoms in total. The SMILES string of the molecule is CC(Sc1cccc(NC(=O)/C(=C\c2ccc(C(C)C)cc2)NC(=O)c2ccccc2)c1)C(=O)Nc1ccccc1C(F)(F)F. The van der Waals surface area contributed by atoms with Crippen molar-refractivity contribution in [2.24, 2.45) is 0 Å². The smallest absolute Gasteiger partial charge is 0.325 e. The quantitative estimate of drug-likeness (QED) is 0.121. The molecular weight excluding hydrogens is 599 g/mol. The van der Waals surface area contributed by atoms with Crippen LogP contribution in [0.3, 0.4) is 0 Å². The van der Waals surface area contributed by atoms with Crippen molar-refractivity contribution in [2.45, 2.75) is 43.0 Å². The van der Waals surface area contributed by atoms with Crippen molar-refractivity contribution in [1.29, 1.82) is 0 Å². The lowest BCUT2D eigenvalue weighted by Gasteiger charge is -2.16. The van der Waals surface area contributed by atoms with Crippen LogP contribution in [0.25, 0.3) is 6.08 Å². The van der Waals surface area contributed by atoms with E-state index in [1.807, 2.05) is 24.3 Å². The number of hydrogen-bond donors (Lipinski definition) is 3. The van der Waals surface area contributed by atoms with Gasteiger partial charge in [-0.1, -0.05) is 74.5 Å². The maximum Gasteiger partial charge on any atom is 0.418 e. The molecular formula is C35H32F3N3O3S. The van der Waals surface area contributed by atoms with Crippen LogP contribution in [0.5, 0.6) is 0 Å². The van der Waals surface area contributed by atoms with E-state index in [0.29, 0.717) is 27.6 Å². The number of nitrogens with one attached hydrogen (secondary N) is 3. The van der Waals surface area contributed by atoms with Crippen LogP contribution >= 0.6 is 11.8 Å². The zero-order chi connectivity index (χ0) is 32.6. The Labute approximate surface area is 264 Å². The molecule has 4 aromatic carbocycles. The highest BCUT2D eigenvalue weighted by Crippen LogP contribution is 2.35. The Morgan fingerprint density at radius 2 is 1.44 bits per heavy atom. The van der Waals surface area contributed by atoms with E-state index in [1.165, 1.54) is 18.2 Å². The zero-order valence-electron chi connectivity index (χ0n) is 24.8. The van der Waals surface area contributed by atoms with E-state index in [-0.39, 0.29) is 11.4 Å². The summed E-state index contributed by atoms with van der Waals surface area (Å²) in [7, 11) is 0. The fourth-order valence-corrected chi connectivity index (χ4v) is 5.19. The number of anilines is 2. The number of rotatable bonds is 10. The fraction of sp³-hybridized carbons (Fsp3) is 0.171. The van der Waals surface area contributed by atoms with Crippen LogP contribution in [0.4, 0.5) is 24.5 Å². The summed E-state index contributed by atoms with van der Waals surface area (Å²) < 4.78 is 40.1. The highest BCUT2D eigenvalue weighted by atomic mass is 32.2. The van der Waals surface area contributed by atoms with Gasteiger partial charge in [-0.15, -0.1) is 11.8 Å². The van der Waals surface area contributed by atoms with Gasteiger partial charge in [-0.2, -0.15) is 13.2 Å². The highest BCUT2D eigenvalue weighted by Gasteiger charge is 2.34. The number of thioether (sulfide) groups is 1. The lowest BCUT2D eigenvalue weighted by molar-refractivity contribution is -0.137. The van der Waals surface area contributed by atoms with Gasteiger partial charge < -0.3 is 16.0 Å². The number of alkyl halides is 3. The maximum atomic E-state index is 13.5. The van der Waals surface area contributed by atoms with E-state index in [2.05, 4.69) is 29.8 Å². The van der Waals surface area contributed by atoms with Gasteiger partial charge >= 0.3 is 6.18 Å². The lowest BCUT2D eigenvalue weighted by Crippen LogP contribution is -2.30. The lowest BCUT2D eigenvalue weighted by atomic mass is 10.0. The van der Waals surface area contributed by atoms with Crippen molar-refractivity contribution >= 4 is 46.9 Å². The van der Waals surface area contributed by atoms with E-state index in [4.69, 9.17) is 0 Å². The second-order valence-corrected chi connectivity index (χ2v) is 11.9. The Balaban J connectivity index is 1.50. The molecule has 0 saturated carbocycles. The van der Waals surface area contributed by atoms with E-state index in [1.54, 1.807) is 67.6 Å². The molecule has 10 heteroatoms. The van der Waals surface area contributed by atoms with Gasteiger partial charge in [0.2, 0.25) is 5.91 Å².